The Morgan fingerprint density at radius 1 is 1.04 bits per heavy atom. The van der Waals surface area contributed by atoms with E-state index in [1.54, 1.807) is 12.4 Å². The van der Waals surface area contributed by atoms with Gasteiger partial charge in [-0.3, -0.25) is 14.8 Å². The first-order valence-corrected chi connectivity index (χ1v) is 8.05. The molecule has 0 aliphatic carbocycles. The van der Waals surface area contributed by atoms with Gasteiger partial charge < -0.3 is 16.2 Å². The average molecular weight is 350 g/mol. The Hall–Kier alpha value is -3.55. The van der Waals surface area contributed by atoms with Gasteiger partial charge in [0.05, 0.1) is 30.0 Å². The number of amides is 1. The summed E-state index contributed by atoms with van der Waals surface area (Å²) in [6, 6.07) is 7.38. The zero-order valence-electron chi connectivity index (χ0n) is 14.0. The fourth-order valence-corrected chi connectivity index (χ4v) is 2.30. The number of anilines is 1. The van der Waals surface area contributed by atoms with E-state index in [9.17, 15) is 4.79 Å². The largest absolute Gasteiger partial charge is 0.437 e. The van der Waals surface area contributed by atoms with Gasteiger partial charge in [0.2, 0.25) is 11.8 Å². The molecule has 3 aromatic rings. The number of benzene rings is 1. The Kier molecular flexibility index (Phi) is 5.33. The fourth-order valence-electron chi connectivity index (χ4n) is 2.30. The first-order valence-electron chi connectivity index (χ1n) is 8.05. The molecule has 0 radical (unpaired) electrons. The number of carbonyl (C=O) groups is 1. The summed E-state index contributed by atoms with van der Waals surface area (Å²) in [6.07, 6.45) is 7.88. The maximum Gasteiger partial charge on any atom is 0.238 e. The lowest BCUT2D eigenvalue weighted by Gasteiger charge is -2.07. The van der Waals surface area contributed by atoms with E-state index in [4.69, 9.17) is 16.2 Å². The molecule has 8 heteroatoms. The van der Waals surface area contributed by atoms with Crippen LogP contribution in [0.1, 0.15) is 18.5 Å². The van der Waals surface area contributed by atoms with Crippen molar-refractivity contribution in [3.63, 3.8) is 0 Å². The summed E-state index contributed by atoms with van der Waals surface area (Å²) in [4.78, 5) is 27.6. The minimum atomic E-state index is -0.323. The minimum absolute atomic E-state index is 0.322. The second kappa shape index (κ2) is 8.02. The maximum atomic E-state index is 10.8. The van der Waals surface area contributed by atoms with Crippen molar-refractivity contribution in [3.05, 3.63) is 54.7 Å². The molecule has 0 bridgehead atoms. The summed E-state index contributed by atoms with van der Waals surface area (Å²) in [7, 11) is 0. The molecule has 4 N–H and O–H groups in total. The number of aromatic nitrogens is 4. The quantitative estimate of drug-likeness (QED) is 0.667. The third-order valence-electron chi connectivity index (χ3n) is 3.56. The molecule has 0 fully saturated rings. The molecular weight excluding hydrogens is 332 g/mol. The number of nitrogens with two attached hydrogens (primary N) is 2. The van der Waals surface area contributed by atoms with Crippen molar-refractivity contribution >= 4 is 11.7 Å². The van der Waals surface area contributed by atoms with Crippen molar-refractivity contribution < 1.29 is 9.53 Å². The first-order chi connectivity index (χ1) is 12.6. The normalized spacial score (nSPS) is 10.5. The lowest BCUT2D eigenvalue weighted by Crippen LogP contribution is -2.10. The molecule has 2 heterocycles. The summed E-state index contributed by atoms with van der Waals surface area (Å²) in [5.74, 6) is 1.07. The minimum Gasteiger partial charge on any atom is -0.437 e. The number of rotatable bonds is 7. The van der Waals surface area contributed by atoms with Gasteiger partial charge in [0, 0.05) is 18.2 Å². The summed E-state index contributed by atoms with van der Waals surface area (Å²) in [5.41, 5.74) is 13.0. The monoisotopic (exact) mass is 350 g/mol. The number of hydrogen-bond acceptors (Lipinski definition) is 7. The van der Waals surface area contributed by atoms with Gasteiger partial charge in [-0.15, -0.1) is 0 Å². The zero-order valence-corrected chi connectivity index (χ0v) is 14.0. The highest BCUT2D eigenvalue weighted by Gasteiger charge is 2.05. The Bertz CT molecular complexity index is 881. The van der Waals surface area contributed by atoms with Crippen LogP contribution in [0.2, 0.25) is 0 Å². The molecular formula is C18H18N6O2. The first kappa shape index (κ1) is 17.3. The van der Waals surface area contributed by atoms with E-state index in [0.717, 1.165) is 17.0 Å². The van der Waals surface area contributed by atoms with Crippen LogP contribution in [0.3, 0.4) is 0 Å². The summed E-state index contributed by atoms with van der Waals surface area (Å²) < 4.78 is 5.74. The number of primary amides is 1. The molecule has 3 rings (SSSR count). The molecule has 0 aliphatic rings. The predicted molar refractivity (Wildman–Crippen MR) is 96.1 cm³/mol. The van der Waals surface area contributed by atoms with Crippen LogP contribution in [-0.4, -0.2) is 25.8 Å². The van der Waals surface area contributed by atoms with Gasteiger partial charge in [-0.05, 0) is 37.1 Å². The van der Waals surface area contributed by atoms with E-state index in [0.29, 0.717) is 36.7 Å². The van der Waals surface area contributed by atoms with E-state index in [-0.39, 0.29) is 5.91 Å². The summed E-state index contributed by atoms with van der Waals surface area (Å²) >= 11 is 0. The zero-order chi connectivity index (χ0) is 18.4. The number of carbonyl (C=O) groups excluding carboxylic acids is 1. The molecule has 2 aromatic heterocycles. The molecule has 8 nitrogen and oxygen atoms in total. The van der Waals surface area contributed by atoms with Crippen molar-refractivity contribution in [2.24, 2.45) is 5.73 Å². The van der Waals surface area contributed by atoms with E-state index < -0.39 is 0 Å². The van der Waals surface area contributed by atoms with Gasteiger partial charge in [-0.2, -0.15) is 0 Å². The van der Waals surface area contributed by atoms with E-state index in [2.05, 4.69) is 19.9 Å². The molecule has 0 saturated carbocycles. The number of ether oxygens (including phenoxy) is 1. The molecule has 0 atom stereocenters. The number of nitrogens with zero attached hydrogens (tertiary/aromatic N) is 4. The predicted octanol–water partition coefficient (Wildman–Crippen LogP) is 2.12. The number of aryl methyl sites for hydroxylation is 1. The molecule has 1 amide bonds. The van der Waals surface area contributed by atoms with Crippen LogP contribution in [0, 0.1) is 0 Å². The van der Waals surface area contributed by atoms with E-state index in [1.165, 1.54) is 12.4 Å². The van der Waals surface area contributed by atoms with Crippen molar-refractivity contribution in [2.75, 3.05) is 5.73 Å². The Balaban J connectivity index is 1.65. The highest BCUT2D eigenvalue weighted by atomic mass is 16.5. The van der Waals surface area contributed by atoms with Gasteiger partial charge in [-0.25, -0.2) is 9.97 Å². The van der Waals surface area contributed by atoms with Crippen LogP contribution in [0.5, 0.6) is 11.6 Å². The number of nitrogen functional groups attached to an aromatic ring is 1. The van der Waals surface area contributed by atoms with Crippen LogP contribution in [-0.2, 0) is 11.2 Å². The lowest BCUT2D eigenvalue weighted by atomic mass is 10.1. The van der Waals surface area contributed by atoms with Crippen molar-refractivity contribution in [1.82, 2.24) is 19.9 Å². The topological polar surface area (TPSA) is 130 Å². The van der Waals surface area contributed by atoms with Crippen LogP contribution in [0.4, 0.5) is 5.82 Å². The van der Waals surface area contributed by atoms with E-state index >= 15 is 0 Å². The van der Waals surface area contributed by atoms with Gasteiger partial charge in [0.15, 0.2) is 0 Å². The lowest BCUT2D eigenvalue weighted by molar-refractivity contribution is -0.118. The summed E-state index contributed by atoms with van der Waals surface area (Å²) in [6.45, 7) is 0. The second-order valence-corrected chi connectivity index (χ2v) is 5.62. The molecule has 0 aliphatic heterocycles. The molecule has 0 spiro atoms. The van der Waals surface area contributed by atoms with Crippen molar-refractivity contribution in [2.45, 2.75) is 19.3 Å². The summed E-state index contributed by atoms with van der Waals surface area (Å²) in [5, 5.41) is 0. The van der Waals surface area contributed by atoms with Crippen molar-refractivity contribution in [3.8, 4) is 22.9 Å². The number of hydrogen-bond donors (Lipinski definition) is 2. The molecule has 132 valence electrons. The third-order valence-corrected chi connectivity index (χ3v) is 3.56. The smallest absolute Gasteiger partial charge is 0.238 e. The van der Waals surface area contributed by atoms with Crippen LogP contribution >= 0.6 is 0 Å². The standard InChI is InChI=1S/C18H18N6O2/c19-16-10-22-15(9-23-16)12-4-6-14(7-5-12)26-18-11-21-8-13(24-18)2-1-3-17(20)25/h4-11H,1-3H2,(H2,19,23)(H2,20,25). The van der Waals surface area contributed by atoms with Crippen molar-refractivity contribution in [1.29, 1.82) is 0 Å². The van der Waals surface area contributed by atoms with Gasteiger partial charge in [0.25, 0.3) is 0 Å². The molecule has 0 unspecified atom stereocenters. The van der Waals surface area contributed by atoms with Gasteiger partial charge in [0.1, 0.15) is 11.6 Å². The SMILES string of the molecule is NC(=O)CCCc1cncc(Oc2ccc(-c3cnc(N)cn3)cc2)n1. The average Bonchev–Trinajstić information content (AvgIpc) is 2.63. The van der Waals surface area contributed by atoms with Crippen LogP contribution in [0.25, 0.3) is 11.3 Å². The molecule has 0 saturated heterocycles. The van der Waals surface area contributed by atoms with Crippen LogP contribution < -0.4 is 16.2 Å². The van der Waals surface area contributed by atoms with Crippen LogP contribution in [0.15, 0.2) is 49.1 Å². The highest BCUT2D eigenvalue weighted by Crippen LogP contribution is 2.23. The Morgan fingerprint density at radius 2 is 1.85 bits per heavy atom. The fraction of sp³-hybridized carbons (Fsp3) is 0.167. The van der Waals surface area contributed by atoms with Gasteiger partial charge in [-0.1, -0.05) is 0 Å². The highest BCUT2D eigenvalue weighted by molar-refractivity contribution is 5.73. The third kappa shape index (κ3) is 4.73. The van der Waals surface area contributed by atoms with E-state index in [1.807, 2.05) is 24.3 Å². The second-order valence-electron chi connectivity index (χ2n) is 5.62. The van der Waals surface area contributed by atoms with Gasteiger partial charge >= 0.3 is 0 Å². The Labute approximate surface area is 150 Å². The molecule has 26 heavy (non-hydrogen) atoms. The maximum absolute atomic E-state index is 10.8. The Morgan fingerprint density at radius 3 is 2.54 bits per heavy atom. The molecule has 1 aromatic carbocycles.